The number of hydrogen-bond donors (Lipinski definition) is 0. The molecule has 0 bridgehead atoms. The van der Waals surface area contributed by atoms with Gasteiger partial charge in [0.2, 0.25) is 11.4 Å². The van der Waals surface area contributed by atoms with Crippen molar-refractivity contribution in [3.63, 3.8) is 0 Å². The molecule has 29 heavy (non-hydrogen) atoms. The third-order valence-electron chi connectivity index (χ3n) is 5.07. The number of benzene rings is 3. The average Bonchev–Trinajstić information content (AvgIpc) is 2.80. The predicted molar refractivity (Wildman–Crippen MR) is 122 cm³/mol. The summed E-state index contributed by atoms with van der Waals surface area (Å²) in [4.78, 5) is 0. The van der Waals surface area contributed by atoms with Crippen LogP contribution in [0.15, 0.2) is 108 Å². The highest BCUT2D eigenvalue weighted by molar-refractivity contribution is 5.81. The maximum absolute atomic E-state index is 5.00. The number of nitrogens with zero attached hydrogens (tertiary/aromatic N) is 2. The van der Waals surface area contributed by atoms with Crippen molar-refractivity contribution in [2.75, 3.05) is 0 Å². The van der Waals surface area contributed by atoms with Gasteiger partial charge in [0.15, 0.2) is 0 Å². The van der Waals surface area contributed by atoms with E-state index in [0.717, 1.165) is 34.6 Å². The highest BCUT2D eigenvalue weighted by Crippen LogP contribution is 2.29. The van der Waals surface area contributed by atoms with Gasteiger partial charge < -0.3 is 0 Å². The van der Waals surface area contributed by atoms with Gasteiger partial charge in [-0.3, -0.25) is 0 Å². The lowest BCUT2D eigenvalue weighted by Gasteiger charge is -2.09. The summed E-state index contributed by atoms with van der Waals surface area (Å²) in [6.45, 7) is 4.23. The Kier molecular flexibility index (Phi) is 5.62. The van der Waals surface area contributed by atoms with Crippen LogP contribution < -0.4 is 4.68 Å². The van der Waals surface area contributed by atoms with Gasteiger partial charge in [-0.25, -0.2) is 0 Å². The first-order valence-electron chi connectivity index (χ1n) is 10.1. The zero-order valence-electron chi connectivity index (χ0n) is 16.9. The van der Waals surface area contributed by atoms with Crippen LogP contribution in [-0.2, 0) is 0 Å². The number of aromatic nitrogens is 1. The molecule has 0 amide bonds. The molecule has 0 radical (unpaired) electrons. The van der Waals surface area contributed by atoms with E-state index >= 15 is 0 Å². The maximum atomic E-state index is 5.00. The van der Waals surface area contributed by atoms with Gasteiger partial charge in [0, 0.05) is 23.3 Å². The minimum atomic E-state index is 0.913. The topological polar surface area (TPSA) is 16.2 Å². The molecule has 0 aliphatic heterocycles. The van der Waals surface area contributed by atoms with Crippen LogP contribution in [0.25, 0.3) is 33.6 Å². The Balaban J connectivity index is 2.06. The van der Waals surface area contributed by atoms with Crippen LogP contribution in [0.5, 0.6) is 0 Å². The lowest BCUT2D eigenvalue weighted by Crippen LogP contribution is -2.35. The third kappa shape index (κ3) is 4.17. The fourth-order valence-electron chi connectivity index (χ4n) is 3.36. The van der Waals surface area contributed by atoms with Crippen LogP contribution in [0.3, 0.4) is 0 Å². The fourth-order valence-corrected chi connectivity index (χ4v) is 3.36. The molecule has 3 aromatic carbocycles. The molecule has 0 atom stereocenters. The smallest absolute Gasteiger partial charge is 0.0622 e. The van der Waals surface area contributed by atoms with Gasteiger partial charge in [0.05, 0.1) is 5.71 Å². The van der Waals surface area contributed by atoms with E-state index in [4.69, 9.17) is 5.10 Å². The van der Waals surface area contributed by atoms with E-state index in [1.807, 2.05) is 12.1 Å². The molecule has 0 aliphatic rings. The van der Waals surface area contributed by atoms with Crippen molar-refractivity contribution < 1.29 is 4.68 Å². The monoisotopic (exact) mass is 377 g/mol. The Hall–Kier alpha value is -3.52. The van der Waals surface area contributed by atoms with Gasteiger partial charge in [-0.05, 0) is 58.5 Å². The lowest BCUT2D eigenvalue weighted by molar-refractivity contribution is -0.656. The second-order valence-corrected chi connectivity index (χ2v) is 7.11. The summed E-state index contributed by atoms with van der Waals surface area (Å²) < 4.78 is 2.09. The van der Waals surface area contributed by atoms with Crippen molar-refractivity contribution in [2.24, 2.45) is 5.10 Å². The first-order chi connectivity index (χ1) is 14.3. The van der Waals surface area contributed by atoms with Gasteiger partial charge >= 0.3 is 0 Å². The zero-order chi connectivity index (χ0) is 20.1. The van der Waals surface area contributed by atoms with E-state index in [1.54, 1.807) is 0 Å². The third-order valence-corrected chi connectivity index (χ3v) is 5.07. The van der Waals surface area contributed by atoms with Gasteiger partial charge in [-0.1, -0.05) is 73.7 Å². The van der Waals surface area contributed by atoms with Crippen molar-refractivity contribution in [3.8, 4) is 33.6 Å². The second-order valence-electron chi connectivity index (χ2n) is 7.11. The van der Waals surface area contributed by atoms with Crippen LogP contribution in [-0.4, -0.2) is 5.71 Å². The van der Waals surface area contributed by atoms with E-state index in [9.17, 15) is 0 Å². The molecule has 0 aliphatic carbocycles. The molecule has 0 spiro atoms. The molecule has 1 heterocycles. The molecule has 0 saturated carbocycles. The highest BCUT2D eigenvalue weighted by atomic mass is 15.4. The molecule has 142 valence electrons. The Labute approximate surface area is 172 Å². The van der Waals surface area contributed by atoms with Crippen molar-refractivity contribution in [1.82, 2.24) is 0 Å². The first kappa shape index (κ1) is 18.8. The Bertz CT molecular complexity index is 1050. The number of rotatable bonds is 5. The van der Waals surface area contributed by atoms with Gasteiger partial charge in [0.1, 0.15) is 0 Å². The maximum Gasteiger partial charge on any atom is 0.246 e. The Morgan fingerprint density at radius 1 is 0.621 bits per heavy atom. The van der Waals surface area contributed by atoms with E-state index in [-0.39, 0.29) is 0 Å². The normalized spacial score (nSPS) is 11.4. The molecule has 0 unspecified atom stereocenters. The standard InChI is InChI=1S/C27H25N2/c1-3-21(2)28-29-26(23-15-9-5-10-16-23)19-25(22-13-7-4-8-14-22)20-27(29)24-17-11-6-12-18-24/h4-20H,3H2,1-2H3/q+1/b28-21+. The quantitative estimate of drug-likeness (QED) is 0.275. The van der Waals surface area contributed by atoms with Crippen molar-refractivity contribution in [2.45, 2.75) is 20.3 Å². The van der Waals surface area contributed by atoms with E-state index in [2.05, 4.69) is 110 Å². The van der Waals surface area contributed by atoms with Crippen molar-refractivity contribution in [3.05, 3.63) is 103 Å². The summed E-state index contributed by atoms with van der Waals surface area (Å²) >= 11 is 0. The second kappa shape index (κ2) is 8.66. The lowest BCUT2D eigenvalue weighted by atomic mass is 10.00. The van der Waals surface area contributed by atoms with E-state index in [0.29, 0.717) is 0 Å². The van der Waals surface area contributed by atoms with E-state index < -0.39 is 0 Å². The first-order valence-corrected chi connectivity index (χ1v) is 10.1. The molecule has 0 saturated heterocycles. The van der Waals surface area contributed by atoms with Crippen LogP contribution in [0.1, 0.15) is 20.3 Å². The van der Waals surface area contributed by atoms with Crippen LogP contribution in [0.2, 0.25) is 0 Å². The molecule has 0 N–H and O–H groups in total. The summed E-state index contributed by atoms with van der Waals surface area (Å²) in [5, 5.41) is 5.00. The summed E-state index contributed by atoms with van der Waals surface area (Å²) in [6, 6.07) is 36.0. The molecule has 4 rings (SSSR count). The molecule has 2 heteroatoms. The van der Waals surface area contributed by atoms with Gasteiger partial charge in [-0.2, -0.15) is 0 Å². The predicted octanol–water partition coefficient (Wildman–Crippen LogP) is 6.61. The fraction of sp³-hybridized carbons (Fsp3) is 0.111. The van der Waals surface area contributed by atoms with Gasteiger partial charge in [-0.15, -0.1) is 0 Å². The Morgan fingerprint density at radius 3 is 1.45 bits per heavy atom. The molecule has 0 fully saturated rings. The number of pyridine rings is 1. The van der Waals surface area contributed by atoms with Crippen LogP contribution in [0, 0.1) is 0 Å². The van der Waals surface area contributed by atoms with Crippen molar-refractivity contribution >= 4 is 5.71 Å². The summed E-state index contributed by atoms with van der Waals surface area (Å²) in [5.74, 6) is 0. The average molecular weight is 378 g/mol. The van der Waals surface area contributed by atoms with Gasteiger partial charge in [0.25, 0.3) is 0 Å². The highest BCUT2D eigenvalue weighted by Gasteiger charge is 2.23. The van der Waals surface area contributed by atoms with Crippen molar-refractivity contribution in [1.29, 1.82) is 0 Å². The van der Waals surface area contributed by atoms with Crippen LogP contribution >= 0.6 is 0 Å². The van der Waals surface area contributed by atoms with Crippen LogP contribution in [0.4, 0.5) is 0 Å². The molecular weight excluding hydrogens is 352 g/mol. The molecular formula is C27H25N2+. The van der Waals surface area contributed by atoms with E-state index in [1.165, 1.54) is 11.1 Å². The molecule has 1 aromatic heterocycles. The largest absolute Gasteiger partial charge is 0.246 e. The molecule has 4 aromatic rings. The minimum Gasteiger partial charge on any atom is -0.0622 e. The summed E-state index contributed by atoms with van der Waals surface area (Å²) in [7, 11) is 0. The number of hydrogen-bond acceptors (Lipinski definition) is 1. The zero-order valence-corrected chi connectivity index (χ0v) is 16.9. The summed E-state index contributed by atoms with van der Waals surface area (Å²) in [6.07, 6.45) is 0.913. The summed E-state index contributed by atoms with van der Waals surface area (Å²) in [5.41, 5.74) is 7.94. The Morgan fingerprint density at radius 2 is 1.03 bits per heavy atom. The SMILES string of the molecule is CC/C(C)=N/[n+]1c(-c2ccccc2)cc(-c2ccccc2)cc1-c1ccccc1. The molecule has 2 nitrogen and oxygen atoms in total. The minimum absolute atomic E-state index is 0.913.